The average Bonchev–Trinajstić information content (AvgIpc) is 3.47. The fraction of sp³-hybridized carbons (Fsp3) is 0.227. The summed E-state index contributed by atoms with van der Waals surface area (Å²) in [7, 11) is 4.48. The predicted octanol–water partition coefficient (Wildman–Crippen LogP) is 4.00. The van der Waals surface area contributed by atoms with Crippen LogP contribution in [-0.4, -0.2) is 48.5 Å². The van der Waals surface area contributed by atoms with Crippen molar-refractivity contribution in [2.24, 2.45) is 0 Å². The Labute approximate surface area is 187 Å². The number of ether oxygens (including phenoxy) is 3. The first-order valence-electron chi connectivity index (χ1n) is 9.69. The van der Waals surface area contributed by atoms with Crippen molar-refractivity contribution >= 4 is 32.6 Å². The van der Waals surface area contributed by atoms with Crippen molar-refractivity contribution in [1.29, 1.82) is 0 Å². The first-order valence-corrected chi connectivity index (χ1v) is 10.5. The van der Waals surface area contributed by atoms with Gasteiger partial charge in [0.1, 0.15) is 5.82 Å². The van der Waals surface area contributed by atoms with E-state index in [1.807, 2.05) is 12.3 Å². The largest absolute Gasteiger partial charge is 0.493 e. The van der Waals surface area contributed by atoms with E-state index in [0.29, 0.717) is 51.2 Å². The second kappa shape index (κ2) is 9.23. The molecule has 2 heterocycles. The van der Waals surface area contributed by atoms with E-state index in [1.54, 1.807) is 34.0 Å². The van der Waals surface area contributed by atoms with Gasteiger partial charge in [-0.25, -0.2) is 9.37 Å². The van der Waals surface area contributed by atoms with Gasteiger partial charge in [-0.15, -0.1) is 0 Å². The number of thiazole rings is 1. The highest BCUT2D eigenvalue weighted by Crippen LogP contribution is 2.39. The van der Waals surface area contributed by atoms with E-state index in [0.717, 1.165) is 0 Å². The van der Waals surface area contributed by atoms with Crippen molar-refractivity contribution < 1.29 is 23.4 Å². The molecule has 4 rings (SSSR count). The maximum Gasteiger partial charge on any atom is 0.260 e. The van der Waals surface area contributed by atoms with Gasteiger partial charge in [0.2, 0.25) is 5.75 Å². The Morgan fingerprint density at radius 1 is 1.12 bits per heavy atom. The van der Waals surface area contributed by atoms with Crippen LogP contribution in [0, 0.1) is 5.82 Å². The highest BCUT2D eigenvalue weighted by molar-refractivity contribution is 7.22. The number of hydrogen-bond donors (Lipinski definition) is 0. The summed E-state index contributed by atoms with van der Waals surface area (Å²) in [4.78, 5) is 19.7. The lowest BCUT2D eigenvalue weighted by Crippen LogP contribution is -2.34. The number of nitrogens with zero attached hydrogens (tertiary/aromatic N) is 4. The number of carbonyl (C=O) groups is 1. The predicted molar refractivity (Wildman–Crippen MR) is 120 cm³/mol. The van der Waals surface area contributed by atoms with Crippen LogP contribution in [0.4, 0.5) is 9.52 Å². The standard InChI is InChI=1S/C22H21FN4O4S/c1-29-17-11-14(12-18(30-2)20(17)31-3)21(28)27(10-9-26-8-4-7-24-26)22-25-16-6-5-15(23)13-19(16)32-22/h4-8,11-13H,9-10H2,1-3H3. The second-order valence-electron chi connectivity index (χ2n) is 6.75. The van der Waals surface area contributed by atoms with Gasteiger partial charge < -0.3 is 14.2 Å². The minimum atomic E-state index is -0.355. The van der Waals surface area contributed by atoms with E-state index in [-0.39, 0.29) is 11.7 Å². The number of methoxy groups -OCH3 is 3. The number of fused-ring (bicyclic) bond motifs is 1. The van der Waals surface area contributed by atoms with E-state index in [4.69, 9.17) is 14.2 Å². The van der Waals surface area contributed by atoms with Crippen LogP contribution in [0.2, 0.25) is 0 Å². The zero-order valence-electron chi connectivity index (χ0n) is 17.7. The summed E-state index contributed by atoms with van der Waals surface area (Å²) in [5.41, 5.74) is 0.957. The fourth-order valence-corrected chi connectivity index (χ4v) is 4.30. The third-order valence-corrected chi connectivity index (χ3v) is 5.88. The van der Waals surface area contributed by atoms with Crippen LogP contribution in [0.5, 0.6) is 17.2 Å². The third-order valence-electron chi connectivity index (χ3n) is 4.84. The maximum atomic E-state index is 13.7. The molecule has 0 aliphatic rings. The molecule has 0 spiro atoms. The van der Waals surface area contributed by atoms with Crippen LogP contribution in [0.15, 0.2) is 48.8 Å². The smallest absolute Gasteiger partial charge is 0.260 e. The second-order valence-corrected chi connectivity index (χ2v) is 7.76. The van der Waals surface area contributed by atoms with Gasteiger partial charge in [0, 0.05) is 24.5 Å². The molecule has 8 nitrogen and oxygen atoms in total. The molecule has 10 heteroatoms. The minimum Gasteiger partial charge on any atom is -0.493 e. The number of anilines is 1. The summed E-state index contributed by atoms with van der Waals surface area (Å²) in [5, 5.41) is 4.66. The van der Waals surface area contributed by atoms with Gasteiger partial charge in [-0.05, 0) is 36.4 Å². The number of benzene rings is 2. The third kappa shape index (κ3) is 4.22. The van der Waals surface area contributed by atoms with Crippen molar-refractivity contribution in [3.63, 3.8) is 0 Å². The number of aromatic nitrogens is 3. The molecule has 0 saturated carbocycles. The zero-order valence-corrected chi connectivity index (χ0v) is 18.6. The molecule has 0 bridgehead atoms. The normalized spacial score (nSPS) is 10.9. The molecular weight excluding hydrogens is 435 g/mol. The highest BCUT2D eigenvalue weighted by atomic mass is 32.1. The van der Waals surface area contributed by atoms with Crippen molar-refractivity contribution in [3.05, 3.63) is 60.2 Å². The fourth-order valence-electron chi connectivity index (χ4n) is 3.28. The monoisotopic (exact) mass is 456 g/mol. The van der Waals surface area contributed by atoms with Gasteiger partial charge in [-0.1, -0.05) is 11.3 Å². The number of halogens is 1. The molecule has 4 aromatic rings. The molecule has 0 unspecified atom stereocenters. The van der Waals surface area contributed by atoms with Crippen molar-refractivity contribution in [3.8, 4) is 17.2 Å². The molecule has 0 saturated heterocycles. The Morgan fingerprint density at radius 2 is 1.88 bits per heavy atom. The van der Waals surface area contributed by atoms with Gasteiger partial charge in [-0.3, -0.25) is 14.4 Å². The van der Waals surface area contributed by atoms with Crippen LogP contribution >= 0.6 is 11.3 Å². The molecule has 2 aromatic heterocycles. The molecule has 0 radical (unpaired) electrons. The molecular formula is C22H21FN4O4S. The Bertz CT molecular complexity index is 1220. The zero-order chi connectivity index (χ0) is 22.7. The lowest BCUT2D eigenvalue weighted by Gasteiger charge is -2.21. The summed E-state index contributed by atoms with van der Waals surface area (Å²) in [6.07, 6.45) is 3.49. The number of amides is 1. The number of hydrogen-bond acceptors (Lipinski definition) is 7. The van der Waals surface area contributed by atoms with E-state index >= 15 is 0 Å². The first kappa shape index (κ1) is 21.6. The van der Waals surface area contributed by atoms with E-state index in [1.165, 1.54) is 44.8 Å². The van der Waals surface area contributed by atoms with E-state index < -0.39 is 0 Å². The van der Waals surface area contributed by atoms with E-state index in [9.17, 15) is 9.18 Å². The van der Waals surface area contributed by atoms with Gasteiger partial charge in [0.05, 0.1) is 38.1 Å². The Hall–Kier alpha value is -3.66. The molecule has 0 fully saturated rings. The first-order chi connectivity index (χ1) is 15.5. The quantitative estimate of drug-likeness (QED) is 0.399. The Kier molecular flexibility index (Phi) is 6.22. The Morgan fingerprint density at radius 3 is 2.50 bits per heavy atom. The van der Waals surface area contributed by atoms with Gasteiger partial charge in [0.15, 0.2) is 16.6 Å². The summed E-state index contributed by atoms with van der Waals surface area (Å²) < 4.78 is 32.2. The summed E-state index contributed by atoms with van der Waals surface area (Å²) >= 11 is 1.24. The summed E-state index contributed by atoms with van der Waals surface area (Å²) in [6.45, 7) is 0.757. The SMILES string of the molecule is COc1cc(C(=O)N(CCn2cccn2)c2nc3ccc(F)cc3s2)cc(OC)c1OC. The van der Waals surface area contributed by atoms with Crippen LogP contribution in [0.1, 0.15) is 10.4 Å². The molecule has 2 aromatic carbocycles. The molecule has 32 heavy (non-hydrogen) atoms. The average molecular weight is 456 g/mol. The van der Waals surface area contributed by atoms with Gasteiger partial charge in [0.25, 0.3) is 5.91 Å². The van der Waals surface area contributed by atoms with Gasteiger partial charge >= 0.3 is 0 Å². The van der Waals surface area contributed by atoms with Crippen molar-refractivity contribution in [1.82, 2.24) is 14.8 Å². The van der Waals surface area contributed by atoms with Crippen LogP contribution < -0.4 is 19.1 Å². The van der Waals surface area contributed by atoms with Crippen molar-refractivity contribution in [2.75, 3.05) is 32.8 Å². The minimum absolute atomic E-state index is 0.305. The maximum absolute atomic E-state index is 13.7. The summed E-state index contributed by atoms with van der Waals surface area (Å²) in [5.74, 6) is 0.468. The van der Waals surface area contributed by atoms with Crippen molar-refractivity contribution in [2.45, 2.75) is 6.54 Å². The van der Waals surface area contributed by atoms with Crippen LogP contribution in [0.25, 0.3) is 10.2 Å². The molecule has 0 aliphatic heterocycles. The lowest BCUT2D eigenvalue weighted by molar-refractivity contribution is 0.0985. The lowest BCUT2D eigenvalue weighted by atomic mass is 10.1. The number of rotatable bonds is 8. The van der Waals surface area contributed by atoms with Crippen LogP contribution in [0.3, 0.4) is 0 Å². The molecule has 0 aliphatic carbocycles. The number of carbonyl (C=O) groups excluding carboxylic acids is 1. The molecule has 166 valence electrons. The van der Waals surface area contributed by atoms with E-state index in [2.05, 4.69) is 10.1 Å². The molecule has 1 amide bonds. The molecule has 0 atom stereocenters. The van der Waals surface area contributed by atoms with Crippen LogP contribution in [-0.2, 0) is 6.54 Å². The van der Waals surface area contributed by atoms with Gasteiger partial charge in [-0.2, -0.15) is 5.10 Å². The highest BCUT2D eigenvalue weighted by Gasteiger charge is 2.25. The molecule has 0 N–H and O–H groups in total. The summed E-state index contributed by atoms with van der Waals surface area (Å²) in [6, 6.07) is 9.36. The Balaban J connectivity index is 1.75. The topological polar surface area (TPSA) is 78.7 Å².